The Hall–Kier alpha value is -0.580. The van der Waals surface area contributed by atoms with Gasteiger partial charge in [0, 0.05) is 11.0 Å². The second kappa shape index (κ2) is 6.38. The molecule has 17 heavy (non-hydrogen) atoms. The van der Waals surface area contributed by atoms with E-state index in [0.29, 0.717) is 13.0 Å². The fourth-order valence-corrected chi connectivity index (χ4v) is 1.69. The van der Waals surface area contributed by atoms with E-state index in [1.165, 1.54) is 0 Å². The van der Waals surface area contributed by atoms with E-state index in [1.807, 2.05) is 32.2 Å². The summed E-state index contributed by atoms with van der Waals surface area (Å²) in [6, 6.07) is 5.84. The first-order chi connectivity index (χ1) is 7.98. The molecule has 3 nitrogen and oxygen atoms in total. The summed E-state index contributed by atoms with van der Waals surface area (Å²) in [5.41, 5.74) is 0.372. The Morgan fingerprint density at radius 2 is 2.18 bits per heavy atom. The van der Waals surface area contributed by atoms with E-state index in [9.17, 15) is 5.11 Å². The standard InChI is InChI=1S/C13H20BrNO2/c1-4-13(2,16)9-17-11-5-6-12(14)10(7-11)8-15-3/h5-7,15-16H,4,8-9H2,1-3H3. The zero-order valence-electron chi connectivity index (χ0n) is 10.6. The molecule has 1 aromatic carbocycles. The highest BCUT2D eigenvalue weighted by atomic mass is 79.9. The molecule has 0 aliphatic heterocycles. The molecule has 96 valence electrons. The van der Waals surface area contributed by atoms with Crippen LogP contribution in [-0.2, 0) is 6.54 Å². The van der Waals surface area contributed by atoms with Crippen LogP contribution in [0.2, 0.25) is 0 Å². The Balaban J connectivity index is 2.69. The van der Waals surface area contributed by atoms with Crippen LogP contribution in [0.1, 0.15) is 25.8 Å². The maximum absolute atomic E-state index is 9.87. The average Bonchev–Trinajstić information content (AvgIpc) is 2.31. The largest absolute Gasteiger partial charge is 0.491 e. The van der Waals surface area contributed by atoms with E-state index in [4.69, 9.17) is 4.74 Å². The maximum atomic E-state index is 9.87. The number of halogens is 1. The molecule has 0 radical (unpaired) electrons. The number of nitrogens with one attached hydrogen (secondary N) is 1. The summed E-state index contributed by atoms with van der Waals surface area (Å²) in [5.74, 6) is 0.784. The molecule has 0 spiro atoms. The van der Waals surface area contributed by atoms with Crippen molar-refractivity contribution in [2.24, 2.45) is 0 Å². The van der Waals surface area contributed by atoms with Crippen LogP contribution < -0.4 is 10.1 Å². The van der Waals surface area contributed by atoms with Crippen molar-refractivity contribution < 1.29 is 9.84 Å². The molecule has 0 heterocycles. The van der Waals surface area contributed by atoms with Gasteiger partial charge in [0.15, 0.2) is 0 Å². The average molecular weight is 302 g/mol. The van der Waals surface area contributed by atoms with Crippen LogP contribution >= 0.6 is 15.9 Å². The molecule has 0 bridgehead atoms. The fourth-order valence-electron chi connectivity index (χ4n) is 1.31. The number of benzene rings is 1. The van der Waals surface area contributed by atoms with Crippen molar-refractivity contribution in [2.45, 2.75) is 32.4 Å². The van der Waals surface area contributed by atoms with Gasteiger partial charge < -0.3 is 15.2 Å². The minimum absolute atomic E-state index is 0.310. The molecule has 0 saturated heterocycles. The van der Waals surface area contributed by atoms with Gasteiger partial charge >= 0.3 is 0 Å². The van der Waals surface area contributed by atoms with Crippen molar-refractivity contribution in [3.63, 3.8) is 0 Å². The summed E-state index contributed by atoms with van der Waals surface area (Å²) in [7, 11) is 1.90. The van der Waals surface area contributed by atoms with Crippen molar-refractivity contribution in [1.29, 1.82) is 0 Å². The van der Waals surface area contributed by atoms with Gasteiger partial charge in [0.05, 0.1) is 5.60 Å². The van der Waals surface area contributed by atoms with E-state index in [1.54, 1.807) is 6.92 Å². The van der Waals surface area contributed by atoms with Crippen molar-refractivity contribution in [1.82, 2.24) is 5.32 Å². The molecule has 0 fully saturated rings. The highest BCUT2D eigenvalue weighted by molar-refractivity contribution is 9.10. The number of rotatable bonds is 6. The second-order valence-electron chi connectivity index (χ2n) is 4.42. The first kappa shape index (κ1) is 14.5. The molecule has 1 rings (SSSR count). The van der Waals surface area contributed by atoms with E-state index in [-0.39, 0.29) is 0 Å². The highest BCUT2D eigenvalue weighted by Gasteiger charge is 2.18. The van der Waals surface area contributed by atoms with Crippen LogP contribution in [0.15, 0.2) is 22.7 Å². The van der Waals surface area contributed by atoms with E-state index in [0.717, 1.165) is 22.3 Å². The van der Waals surface area contributed by atoms with Crippen LogP contribution in [0, 0.1) is 0 Å². The van der Waals surface area contributed by atoms with Gasteiger partial charge in [0.1, 0.15) is 12.4 Å². The van der Waals surface area contributed by atoms with E-state index >= 15 is 0 Å². The Morgan fingerprint density at radius 1 is 1.47 bits per heavy atom. The number of ether oxygens (including phenoxy) is 1. The van der Waals surface area contributed by atoms with Gasteiger partial charge in [-0.15, -0.1) is 0 Å². The molecule has 0 aliphatic rings. The molecule has 4 heteroatoms. The molecule has 2 N–H and O–H groups in total. The third-order valence-corrected chi connectivity index (χ3v) is 3.47. The summed E-state index contributed by atoms with van der Waals surface area (Å²) in [4.78, 5) is 0. The van der Waals surface area contributed by atoms with Crippen molar-refractivity contribution in [3.8, 4) is 5.75 Å². The minimum atomic E-state index is -0.768. The van der Waals surface area contributed by atoms with Crippen LogP contribution in [-0.4, -0.2) is 24.4 Å². The zero-order valence-corrected chi connectivity index (χ0v) is 12.2. The fraction of sp³-hybridized carbons (Fsp3) is 0.538. The topological polar surface area (TPSA) is 41.5 Å². The van der Waals surface area contributed by atoms with Crippen molar-refractivity contribution in [2.75, 3.05) is 13.7 Å². The second-order valence-corrected chi connectivity index (χ2v) is 5.28. The quantitative estimate of drug-likeness (QED) is 0.849. The molecule has 0 aliphatic carbocycles. The summed E-state index contributed by atoms with van der Waals surface area (Å²) >= 11 is 3.49. The Morgan fingerprint density at radius 3 is 2.76 bits per heavy atom. The van der Waals surface area contributed by atoms with Crippen molar-refractivity contribution >= 4 is 15.9 Å². The lowest BCUT2D eigenvalue weighted by atomic mass is 10.1. The zero-order chi connectivity index (χ0) is 12.9. The smallest absolute Gasteiger partial charge is 0.119 e. The molecule has 1 unspecified atom stereocenters. The molecule has 1 atom stereocenters. The SMILES string of the molecule is CCC(C)(O)COc1ccc(Br)c(CNC)c1. The van der Waals surface area contributed by atoms with Gasteiger partial charge in [0.25, 0.3) is 0 Å². The highest BCUT2D eigenvalue weighted by Crippen LogP contribution is 2.23. The van der Waals surface area contributed by atoms with Gasteiger partial charge in [-0.3, -0.25) is 0 Å². The maximum Gasteiger partial charge on any atom is 0.119 e. The Kier molecular flexibility index (Phi) is 5.43. The Labute approximate surface area is 111 Å². The van der Waals surface area contributed by atoms with Gasteiger partial charge in [-0.2, -0.15) is 0 Å². The van der Waals surface area contributed by atoms with Gasteiger partial charge in [-0.05, 0) is 44.2 Å². The summed E-state index contributed by atoms with van der Waals surface area (Å²) in [6.07, 6.45) is 0.674. The first-order valence-corrected chi connectivity index (χ1v) is 6.56. The third kappa shape index (κ3) is 4.66. The van der Waals surface area contributed by atoms with Gasteiger partial charge in [-0.25, -0.2) is 0 Å². The van der Waals surface area contributed by atoms with Crippen LogP contribution in [0.4, 0.5) is 0 Å². The monoisotopic (exact) mass is 301 g/mol. The number of hydrogen-bond acceptors (Lipinski definition) is 3. The lowest BCUT2D eigenvalue weighted by Crippen LogP contribution is -2.31. The van der Waals surface area contributed by atoms with Gasteiger partial charge in [-0.1, -0.05) is 22.9 Å². The lowest BCUT2D eigenvalue weighted by molar-refractivity contribution is 0.00844. The summed E-state index contributed by atoms with van der Waals surface area (Å²) in [5, 5.41) is 13.0. The Bertz CT molecular complexity index is 366. The summed E-state index contributed by atoms with van der Waals surface area (Å²) in [6.45, 7) is 4.81. The van der Waals surface area contributed by atoms with Crippen molar-refractivity contribution in [3.05, 3.63) is 28.2 Å². The van der Waals surface area contributed by atoms with Crippen LogP contribution in [0.5, 0.6) is 5.75 Å². The van der Waals surface area contributed by atoms with Gasteiger partial charge in [0.2, 0.25) is 0 Å². The normalized spacial score (nSPS) is 14.4. The van der Waals surface area contributed by atoms with E-state index < -0.39 is 5.60 Å². The number of hydrogen-bond donors (Lipinski definition) is 2. The molecular formula is C13H20BrNO2. The predicted molar refractivity (Wildman–Crippen MR) is 73.3 cm³/mol. The lowest BCUT2D eigenvalue weighted by Gasteiger charge is -2.21. The molecule has 0 amide bonds. The molecular weight excluding hydrogens is 282 g/mol. The van der Waals surface area contributed by atoms with Crippen LogP contribution in [0.3, 0.4) is 0 Å². The minimum Gasteiger partial charge on any atom is -0.491 e. The first-order valence-electron chi connectivity index (χ1n) is 5.76. The summed E-state index contributed by atoms with van der Waals surface area (Å²) < 4.78 is 6.66. The van der Waals surface area contributed by atoms with E-state index in [2.05, 4.69) is 21.2 Å². The molecule has 1 aromatic rings. The third-order valence-electron chi connectivity index (χ3n) is 2.70. The molecule has 0 aromatic heterocycles. The number of aliphatic hydroxyl groups is 1. The van der Waals surface area contributed by atoms with Crippen LogP contribution in [0.25, 0.3) is 0 Å². The predicted octanol–water partition coefficient (Wildman–Crippen LogP) is 2.71. The molecule has 0 saturated carbocycles.